The van der Waals surface area contributed by atoms with E-state index < -0.39 is 10.0 Å². The summed E-state index contributed by atoms with van der Waals surface area (Å²) in [5.74, 6) is -0.00923. The minimum Gasteiger partial charge on any atom is -0.377 e. The third-order valence-corrected chi connectivity index (χ3v) is 6.82. The van der Waals surface area contributed by atoms with Gasteiger partial charge in [-0.2, -0.15) is 4.31 Å². The number of rotatable bonds is 3. The molecule has 0 aromatic heterocycles. The molecule has 1 aliphatic rings. The van der Waals surface area contributed by atoms with E-state index in [-0.39, 0.29) is 5.91 Å². The first kappa shape index (κ1) is 18.7. The molecule has 3 rings (SSSR count). The largest absolute Gasteiger partial charge is 0.377 e. The highest BCUT2D eigenvalue weighted by molar-refractivity contribution is 7.89. The molecule has 1 heterocycles. The molecule has 1 aliphatic heterocycles. The number of sulfonamides is 1. The Morgan fingerprint density at radius 1 is 0.962 bits per heavy atom. The predicted molar refractivity (Wildman–Crippen MR) is 104 cm³/mol. The maximum Gasteiger partial charge on any atom is 0.243 e. The van der Waals surface area contributed by atoms with E-state index in [0.717, 1.165) is 16.5 Å². The third kappa shape index (κ3) is 3.41. The lowest BCUT2D eigenvalue weighted by Crippen LogP contribution is -2.36. The second kappa shape index (κ2) is 7.25. The van der Waals surface area contributed by atoms with Gasteiger partial charge < -0.3 is 9.80 Å². The van der Waals surface area contributed by atoms with Gasteiger partial charge in [0.2, 0.25) is 15.9 Å². The molecule has 0 unspecified atom stereocenters. The van der Waals surface area contributed by atoms with Crippen molar-refractivity contribution in [3.63, 3.8) is 0 Å². The molecule has 2 aromatic rings. The van der Waals surface area contributed by atoms with Gasteiger partial charge in [-0.05, 0) is 18.6 Å². The minimum absolute atomic E-state index is 0.00923. The van der Waals surface area contributed by atoms with E-state index in [2.05, 4.69) is 0 Å². The van der Waals surface area contributed by atoms with E-state index in [0.29, 0.717) is 37.5 Å². The fraction of sp³-hybridized carbons (Fsp3) is 0.421. The summed E-state index contributed by atoms with van der Waals surface area (Å²) in [6.07, 6.45) is 0.645. The van der Waals surface area contributed by atoms with Gasteiger partial charge in [-0.1, -0.05) is 24.3 Å². The molecule has 7 heteroatoms. The van der Waals surface area contributed by atoms with Crippen molar-refractivity contribution in [1.82, 2.24) is 9.21 Å². The molecule has 1 saturated heterocycles. The molecule has 0 atom stereocenters. The van der Waals surface area contributed by atoms with Crippen LogP contribution in [0.3, 0.4) is 0 Å². The van der Waals surface area contributed by atoms with Crippen molar-refractivity contribution in [2.75, 3.05) is 45.2 Å². The molecule has 0 saturated carbocycles. The molecule has 0 aliphatic carbocycles. The fourth-order valence-corrected chi connectivity index (χ4v) is 5.14. The zero-order valence-electron chi connectivity index (χ0n) is 15.5. The lowest BCUT2D eigenvalue weighted by molar-refractivity contribution is -0.128. The number of carbonyl (C=O) groups excluding carboxylic acids is 1. The van der Waals surface area contributed by atoms with E-state index in [4.69, 9.17) is 0 Å². The molecule has 0 bridgehead atoms. The Kier molecular flexibility index (Phi) is 5.20. The third-order valence-electron chi connectivity index (χ3n) is 4.86. The van der Waals surface area contributed by atoms with Crippen LogP contribution in [0, 0.1) is 0 Å². The number of hydrogen-bond acceptors (Lipinski definition) is 4. The van der Waals surface area contributed by atoms with Crippen LogP contribution in [0.25, 0.3) is 10.8 Å². The summed E-state index contributed by atoms with van der Waals surface area (Å²) in [6.45, 7) is 3.31. The number of carbonyl (C=O) groups is 1. The number of fused-ring (bicyclic) bond motifs is 1. The Morgan fingerprint density at radius 2 is 1.65 bits per heavy atom. The van der Waals surface area contributed by atoms with Crippen LogP contribution in [0.4, 0.5) is 5.69 Å². The lowest BCUT2D eigenvalue weighted by Gasteiger charge is -2.22. The predicted octanol–water partition coefficient (Wildman–Crippen LogP) is 2.15. The van der Waals surface area contributed by atoms with Crippen molar-refractivity contribution in [2.24, 2.45) is 0 Å². The molecular weight excluding hydrogens is 350 g/mol. The average molecular weight is 375 g/mol. The Hall–Kier alpha value is -2.12. The molecule has 1 amide bonds. The Morgan fingerprint density at radius 3 is 2.35 bits per heavy atom. The zero-order chi connectivity index (χ0) is 18.9. The maximum atomic E-state index is 13.3. The van der Waals surface area contributed by atoms with Gasteiger partial charge in [-0.15, -0.1) is 0 Å². The molecule has 2 aromatic carbocycles. The Bertz CT molecular complexity index is 925. The van der Waals surface area contributed by atoms with Crippen LogP contribution < -0.4 is 4.90 Å². The van der Waals surface area contributed by atoms with Crippen molar-refractivity contribution in [2.45, 2.75) is 18.2 Å². The number of hydrogen-bond donors (Lipinski definition) is 0. The molecular formula is C19H25N3O3S. The van der Waals surface area contributed by atoms with Crippen LogP contribution in [0.1, 0.15) is 13.3 Å². The van der Waals surface area contributed by atoms with Gasteiger partial charge >= 0.3 is 0 Å². The van der Waals surface area contributed by atoms with Gasteiger partial charge in [0.1, 0.15) is 0 Å². The van der Waals surface area contributed by atoms with Gasteiger partial charge in [0, 0.05) is 63.7 Å². The van der Waals surface area contributed by atoms with Gasteiger partial charge in [0.25, 0.3) is 0 Å². The summed E-state index contributed by atoms with van der Waals surface area (Å²) in [5, 5.41) is 1.64. The topological polar surface area (TPSA) is 60.9 Å². The number of nitrogens with zero attached hydrogens (tertiary/aromatic N) is 3. The summed E-state index contributed by atoms with van der Waals surface area (Å²) in [7, 11) is 0.264. The van der Waals surface area contributed by atoms with Gasteiger partial charge in [0.05, 0.1) is 4.90 Å². The molecule has 0 N–H and O–H groups in total. The summed E-state index contributed by atoms with van der Waals surface area (Å²) >= 11 is 0. The summed E-state index contributed by atoms with van der Waals surface area (Å²) < 4.78 is 28.1. The van der Waals surface area contributed by atoms with Crippen LogP contribution in [0.5, 0.6) is 0 Å². The van der Waals surface area contributed by atoms with E-state index in [1.165, 1.54) is 11.2 Å². The van der Waals surface area contributed by atoms with E-state index in [1.54, 1.807) is 17.0 Å². The highest BCUT2D eigenvalue weighted by Gasteiger charge is 2.29. The highest BCUT2D eigenvalue weighted by atomic mass is 32.2. The first-order chi connectivity index (χ1) is 12.3. The van der Waals surface area contributed by atoms with Gasteiger partial charge in [-0.3, -0.25) is 4.79 Å². The second-order valence-electron chi connectivity index (χ2n) is 6.79. The van der Waals surface area contributed by atoms with Crippen molar-refractivity contribution >= 4 is 32.4 Å². The first-order valence-electron chi connectivity index (χ1n) is 8.77. The van der Waals surface area contributed by atoms with Crippen LogP contribution in [-0.4, -0.2) is 63.8 Å². The normalized spacial score (nSPS) is 16.5. The smallest absolute Gasteiger partial charge is 0.243 e. The second-order valence-corrected chi connectivity index (χ2v) is 8.69. The van der Waals surface area contributed by atoms with Crippen molar-refractivity contribution in [3.8, 4) is 0 Å². The standard InChI is InChI=1S/C19H25N3O3S/c1-15(23)21-11-6-12-22(14-13-21)26(24,25)19-10-5-7-16-17(19)8-4-9-18(16)20(2)3/h4-5,7-10H,6,11-14H2,1-3H3. The SMILES string of the molecule is CC(=O)N1CCCN(S(=O)(=O)c2cccc3c(N(C)C)cccc23)CC1. The summed E-state index contributed by atoms with van der Waals surface area (Å²) in [5.41, 5.74) is 0.984. The summed E-state index contributed by atoms with van der Waals surface area (Å²) in [4.78, 5) is 15.6. The zero-order valence-corrected chi connectivity index (χ0v) is 16.3. The molecule has 1 fully saturated rings. The van der Waals surface area contributed by atoms with Gasteiger partial charge in [-0.25, -0.2) is 8.42 Å². The number of anilines is 1. The molecule has 0 radical (unpaired) electrons. The van der Waals surface area contributed by atoms with Crippen LogP contribution in [-0.2, 0) is 14.8 Å². The van der Waals surface area contributed by atoms with Crippen LogP contribution >= 0.6 is 0 Å². The Labute approximate surface area is 155 Å². The monoisotopic (exact) mass is 375 g/mol. The minimum atomic E-state index is -3.63. The first-order valence-corrected chi connectivity index (χ1v) is 10.2. The average Bonchev–Trinajstić information content (AvgIpc) is 2.87. The molecule has 26 heavy (non-hydrogen) atoms. The molecule has 0 spiro atoms. The fourth-order valence-electron chi connectivity index (χ4n) is 3.47. The lowest BCUT2D eigenvalue weighted by atomic mass is 10.1. The highest BCUT2D eigenvalue weighted by Crippen LogP contribution is 2.31. The van der Waals surface area contributed by atoms with E-state index in [1.807, 2.05) is 43.3 Å². The summed E-state index contributed by atoms with van der Waals surface area (Å²) in [6, 6.07) is 11.1. The van der Waals surface area contributed by atoms with Crippen molar-refractivity contribution in [3.05, 3.63) is 36.4 Å². The number of benzene rings is 2. The van der Waals surface area contributed by atoms with E-state index in [9.17, 15) is 13.2 Å². The Balaban J connectivity index is 2.02. The van der Waals surface area contributed by atoms with Crippen LogP contribution in [0.15, 0.2) is 41.3 Å². The van der Waals surface area contributed by atoms with Gasteiger partial charge in [0.15, 0.2) is 0 Å². The molecule has 140 valence electrons. The maximum absolute atomic E-state index is 13.3. The van der Waals surface area contributed by atoms with Crippen LogP contribution in [0.2, 0.25) is 0 Å². The quantitative estimate of drug-likeness (QED) is 0.825. The number of amides is 1. The molecule has 6 nitrogen and oxygen atoms in total. The van der Waals surface area contributed by atoms with Crippen molar-refractivity contribution < 1.29 is 13.2 Å². The van der Waals surface area contributed by atoms with E-state index >= 15 is 0 Å². The van der Waals surface area contributed by atoms with Crippen molar-refractivity contribution in [1.29, 1.82) is 0 Å².